The number of nitrogens with one attached hydrogen (secondary N) is 1. The molecule has 0 saturated carbocycles. The van der Waals surface area contributed by atoms with Gasteiger partial charge in [0.05, 0.1) is 28.7 Å². The Labute approximate surface area is 197 Å². The number of rotatable bonds is 5. The topological polar surface area (TPSA) is 116 Å². The van der Waals surface area contributed by atoms with E-state index >= 15 is 0 Å². The van der Waals surface area contributed by atoms with Crippen LogP contribution in [0.15, 0.2) is 61.1 Å². The molecule has 34 heavy (non-hydrogen) atoms. The predicted octanol–water partition coefficient (Wildman–Crippen LogP) is 3.61. The maximum atomic E-state index is 10.0. The van der Waals surface area contributed by atoms with Crippen molar-refractivity contribution < 1.29 is 5.11 Å². The summed E-state index contributed by atoms with van der Waals surface area (Å²) < 4.78 is 1.72. The lowest BCUT2D eigenvalue weighted by Gasteiger charge is -2.32. The second kappa shape index (κ2) is 9.29. The third-order valence-corrected chi connectivity index (χ3v) is 5.80. The van der Waals surface area contributed by atoms with E-state index < -0.39 is 0 Å². The first-order valence-corrected chi connectivity index (χ1v) is 11.2. The molecule has 9 nitrogen and oxygen atoms in total. The average Bonchev–Trinajstić information content (AvgIpc) is 3.30. The molecular weight excluding hydrogens is 428 g/mol. The molecule has 0 bridgehead atoms. The molecule has 0 radical (unpaired) electrons. The number of aliphatic hydroxyl groups excluding tert-OH is 1. The van der Waals surface area contributed by atoms with Crippen LogP contribution in [-0.4, -0.2) is 49.0 Å². The Morgan fingerprint density at radius 2 is 1.97 bits per heavy atom. The highest BCUT2D eigenvalue weighted by Gasteiger charge is 2.20. The summed E-state index contributed by atoms with van der Waals surface area (Å²) in [6.07, 6.45) is 4.73. The normalized spacial score (nSPS) is 15.7. The lowest BCUT2D eigenvalue weighted by molar-refractivity contribution is 0.154. The fraction of sp³-hybridized carbons (Fsp3) is 0.240. The van der Waals surface area contributed by atoms with Crippen LogP contribution in [0.5, 0.6) is 0 Å². The lowest BCUT2D eigenvalue weighted by Crippen LogP contribution is -2.38. The first kappa shape index (κ1) is 21.6. The van der Waals surface area contributed by atoms with Crippen molar-refractivity contribution in [2.24, 2.45) is 0 Å². The van der Waals surface area contributed by atoms with E-state index in [0.29, 0.717) is 29.6 Å². The van der Waals surface area contributed by atoms with Gasteiger partial charge in [-0.3, -0.25) is 0 Å². The molecule has 1 fully saturated rings. The van der Waals surface area contributed by atoms with Gasteiger partial charge in [-0.25, -0.2) is 19.6 Å². The molecule has 1 aliphatic heterocycles. The maximum absolute atomic E-state index is 10.0. The number of anilines is 3. The number of hydrogen-bond acceptors (Lipinski definition) is 8. The van der Waals surface area contributed by atoms with E-state index in [1.807, 2.05) is 55.5 Å². The average molecular weight is 453 g/mol. The molecule has 1 atom stereocenters. The SMILES string of the molecule is Cc1ncn(-c2ccc(Nc3nccc(-c4ccc(N5CCCC(O)C5)c(C#N)c4)n3)cc2)n1. The van der Waals surface area contributed by atoms with Crippen LogP contribution >= 0.6 is 0 Å². The highest BCUT2D eigenvalue weighted by Crippen LogP contribution is 2.29. The summed E-state index contributed by atoms with van der Waals surface area (Å²) in [4.78, 5) is 15.2. The first-order chi connectivity index (χ1) is 16.6. The summed E-state index contributed by atoms with van der Waals surface area (Å²) in [7, 11) is 0. The molecule has 2 aromatic heterocycles. The van der Waals surface area contributed by atoms with Crippen molar-refractivity contribution in [2.45, 2.75) is 25.9 Å². The Kier molecular flexibility index (Phi) is 5.89. The second-order valence-corrected chi connectivity index (χ2v) is 8.26. The van der Waals surface area contributed by atoms with E-state index in [9.17, 15) is 10.4 Å². The molecule has 0 amide bonds. The van der Waals surface area contributed by atoms with Gasteiger partial charge in [-0.1, -0.05) is 6.07 Å². The number of hydrogen-bond donors (Lipinski definition) is 2. The molecule has 170 valence electrons. The third-order valence-electron chi connectivity index (χ3n) is 5.80. The minimum Gasteiger partial charge on any atom is -0.391 e. The van der Waals surface area contributed by atoms with Crippen LogP contribution in [-0.2, 0) is 0 Å². The third kappa shape index (κ3) is 4.58. The van der Waals surface area contributed by atoms with Crippen LogP contribution in [0.3, 0.4) is 0 Å². The van der Waals surface area contributed by atoms with Gasteiger partial charge in [0.1, 0.15) is 18.2 Å². The first-order valence-electron chi connectivity index (χ1n) is 11.2. The van der Waals surface area contributed by atoms with E-state index in [0.717, 1.165) is 42.0 Å². The minimum absolute atomic E-state index is 0.357. The smallest absolute Gasteiger partial charge is 0.227 e. The standard InChI is InChI=1S/C25H24N8O/c1-17-28-16-33(31-17)21-7-5-20(6-8-21)29-25-27-11-10-23(30-25)18-4-9-24(19(13-18)14-26)32-12-2-3-22(34)15-32/h4-11,13,16,22,34H,2-3,12,15H2,1H3,(H,27,29,30). The molecule has 1 aliphatic rings. The van der Waals surface area contributed by atoms with E-state index in [1.54, 1.807) is 17.2 Å². The zero-order chi connectivity index (χ0) is 23.5. The Bertz CT molecular complexity index is 1340. The largest absolute Gasteiger partial charge is 0.391 e. The molecule has 2 aromatic carbocycles. The molecule has 5 rings (SSSR count). The van der Waals surface area contributed by atoms with Crippen molar-refractivity contribution in [3.05, 3.63) is 72.4 Å². The monoisotopic (exact) mass is 452 g/mol. The molecule has 9 heteroatoms. The fourth-order valence-corrected chi connectivity index (χ4v) is 4.11. The van der Waals surface area contributed by atoms with E-state index in [1.165, 1.54) is 0 Å². The van der Waals surface area contributed by atoms with Crippen molar-refractivity contribution >= 4 is 17.3 Å². The van der Waals surface area contributed by atoms with Gasteiger partial charge in [-0.05, 0) is 62.2 Å². The Morgan fingerprint density at radius 3 is 2.71 bits per heavy atom. The number of nitriles is 1. The number of aryl methyl sites for hydroxylation is 1. The van der Waals surface area contributed by atoms with Gasteiger partial charge in [-0.15, -0.1) is 0 Å². The molecule has 1 unspecified atom stereocenters. The van der Waals surface area contributed by atoms with Gasteiger partial charge in [0.15, 0.2) is 0 Å². The van der Waals surface area contributed by atoms with Gasteiger partial charge >= 0.3 is 0 Å². The summed E-state index contributed by atoms with van der Waals surface area (Å²) in [5.41, 5.74) is 4.72. The minimum atomic E-state index is -0.357. The molecule has 3 heterocycles. The van der Waals surface area contributed by atoms with Crippen molar-refractivity contribution in [3.8, 4) is 23.0 Å². The summed E-state index contributed by atoms with van der Waals surface area (Å²) in [5.74, 6) is 1.18. The Balaban J connectivity index is 1.35. The van der Waals surface area contributed by atoms with Crippen LogP contribution in [0.2, 0.25) is 0 Å². The molecule has 2 N–H and O–H groups in total. The van der Waals surface area contributed by atoms with Crippen LogP contribution in [0.25, 0.3) is 16.9 Å². The molecule has 4 aromatic rings. The molecule has 0 spiro atoms. The molecular formula is C25H24N8O. The zero-order valence-corrected chi connectivity index (χ0v) is 18.8. The van der Waals surface area contributed by atoms with E-state index in [4.69, 9.17) is 0 Å². The predicted molar refractivity (Wildman–Crippen MR) is 129 cm³/mol. The number of aliphatic hydroxyl groups is 1. The van der Waals surface area contributed by atoms with Crippen LogP contribution in [0.4, 0.5) is 17.3 Å². The molecule has 1 saturated heterocycles. The van der Waals surface area contributed by atoms with Gasteiger partial charge in [0.2, 0.25) is 5.95 Å². The maximum Gasteiger partial charge on any atom is 0.227 e. The van der Waals surface area contributed by atoms with Crippen LogP contribution in [0.1, 0.15) is 24.2 Å². The summed E-state index contributed by atoms with van der Waals surface area (Å²) >= 11 is 0. The summed E-state index contributed by atoms with van der Waals surface area (Å²) in [6.45, 7) is 3.23. The zero-order valence-electron chi connectivity index (χ0n) is 18.8. The number of benzene rings is 2. The number of nitrogens with zero attached hydrogens (tertiary/aromatic N) is 7. The van der Waals surface area contributed by atoms with E-state index in [2.05, 4.69) is 36.3 Å². The van der Waals surface area contributed by atoms with Crippen LogP contribution in [0, 0.1) is 18.3 Å². The summed E-state index contributed by atoms with van der Waals surface area (Å²) in [5, 5.41) is 27.3. The quantitative estimate of drug-likeness (QED) is 0.472. The van der Waals surface area contributed by atoms with E-state index in [-0.39, 0.29) is 6.10 Å². The Hall–Kier alpha value is -4.29. The number of aromatic nitrogens is 5. The highest BCUT2D eigenvalue weighted by atomic mass is 16.3. The van der Waals surface area contributed by atoms with Crippen LogP contribution < -0.4 is 10.2 Å². The van der Waals surface area contributed by atoms with Crippen molar-refractivity contribution in [1.29, 1.82) is 5.26 Å². The second-order valence-electron chi connectivity index (χ2n) is 8.26. The number of β-amino-alcohol motifs (C(OH)–C–C–N with tert-alkyl or cyclic N) is 1. The Morgan fingerprint density at radius 1 is 1.12 bits per heavy atom. The molecule has 0 aliphatic carbocycles. The number of piperidine rings is 1. The highest BCUT2D eigenvalue weighted by molar-refractivity contribution is 5.70. The van der Waals surface area contributed by atoms with Gasteiger partial charge < -0.3 is 15.3 Å². The fourth-order valence-electron chi connectivity index (χ4n) is 4.11. The van der Waals surface area contributed by atoms with Gasteiger partial charge in [0, 0.05) is 30.5 Å². The van der Waals surface area contributed by atoms with Crippen molar-refractivity contribution in [3.63, 3.8) is 0 Å². The summed E-state index contributed by atoms with van der Waals surface area (Å²) in [6, 6.07) is 17.6. The van der Waals surface area contributed by atoms with Gasteiger partial charge in [0.25, 0.3) is 0 Å². The van der Waals surface area contributed by atoms with Crippen molar-refractivity contribution in [1.82, 2.24) is 24.7 Å². The van der Waals surface area contributed by atoms with Gasteiger partial charge in [-0.2, -0.15) is 10.4 Å². The lowest BCUT2D eigenvalue weighted by atomic mass is 10.0. The van der Waals surface area contributed by atoms with Crippen molar-refractivity contribution in [2.75, 3.05) is 23.3 Å².